The van der Waals surface area contributed by atoms with Crippen LogP contribution in [0.4, 0.5) is 0 Å². The molecule has 1 saturated carbocycles. The van der Waals surface area contributed by atoms with Crippen molar-refractivity contribution in [3.05, 3.63) is 0 Å². The minimum Gasteiger partial charge on any atom is -0.396 e. The number of rotatable bonds is 6. The van der Waals surface area contributed by atoms with Gasteiger partial charge in [-0.05, 0) is 32.7 Å². The fraction of sp³-hybridized carbons (Fsp3) is 1.00. The normalized spacial score (nSPS) is 19.0. The van der Waals surface area contributed by atoms with Crippen LogP contribution in [0.3, 0.4) is 0 Å². The predicted molar refractivity (Wildman–Crippen MR) is 61.8 cm³/mol. The third kappa shape index (κ3) is 4.09. The summed E-state index contributed by atoms with van der Waals surface area (Å²) in [4.78, 5) is 2.38. The van der Waals surface area contributed by atoms with Crippen LogP contribution in [0.15, 0.2) is 0 Å². The summed E-state index contributed by atoms with van der Waals surface area (Å²) >= 11 is 0. The van der Waals surface area contributed by atoms with E-state index in [0.717, 1.165) is 12.8 Å². The van der Waals surface area contributed by atoms with Gasteiger partial charge in [-0.1, -0.05) is 19.3 Å². The predicted octanol–water partition coefficient (Wildman–Crippen LogP) is 1.38. The Kier molecular flexibility index (Phi) is 6.22. The standard InChI is InChI=1S/C12H25NO2/c1-13(11-5-3-2-4-6-11)12(7-9-14)8-10-15/h11-12,14-15H,2-10H2,1H3. The first-order chi connectivity index (χ1) is 7.29. The first-order valence-corrected chi connectivity index (χ1v) is 6.23. The van der Waals surface area contributed by atoms with Gasteiger partial charge in [0.15, 0.2) is 0 Å². The van der Waals surface area contributed by atoms with Gasteiger partial charge in [0.25, 0.3) is 0 Å². The molecule has 0 saturated heterocycles. The highest BCUT2D eigenvalue weighted by Crippen LogP contribution is 2.24. The molecule has 90 valence electrons. The molecule has 2 N–H and O–H groups in total. The second kappa shape index (κ2) is 7.20. The van der Waals surface area contributed by atoms with E-state index in [4.69, 9.17) is 10.2 Å². The van der Waals surface area contributed by atoms with Crippen molar-refractivity contribution < 1.29 is 10.2 Å². The lowest BCUT2D eigenvalue weighted by Gasteiger charge is -2.37. The SMILES string of the molecule is CN(C(CCO)CCO)C1CCCCC1. The third-order valence-electron chi connectivity index (χ3n) is 3.65. The summed E-state index contributed by atoms with van der Waals surface area (Å²) in [6.45, 7) is 0.448. The lowest BCUT2D eigenvalue weighted by Crippen LogP contribution is -2.42. The van der Waals surface area contributed by atoms with Gasteiger partial charge in [0, 0.05) is 25.3 Å². The Bertz CT molecular complexity index is 152. The lowest BCUT2D eigenvalue weighted by atomic mass is 9.93. The molecule has 0 heterocycles. The van der Waals surface area contributed by atoms with Gasteiger partial charge in [-0.2, -0.15) is 0 Å². The zero-order chi connectivity index (χ0) is 11.1. The molecule has 1 aliphatic rings. The minimum atomic E-state index is 0.224. The summed E-state index contributed by atoms with van der Waals surface area (Å²) in [5.74, 6) is 0. The Morgan fingerprint density at radius 2 is 1.60 bits per heavy atom. The van der Waals surface area contributed by atoms with Gasteiger partial charge in [-0.25, -0.2) is 0 Å². The Hall–Kier alpha value is -0.120. The molecule has 1 aliphatic carbocycles. The molecule has 0 radical (unpaired) electrons. The van der Waals surface area contributed by atoms with E-state index in [2.05, 4.69) is 11.9 Å². The second-order valence-corrected chi connectivity index (χ2v) is 4.64. The molecule has 0 spiro atoms. The largest absolute Gasteiger partial charge is 0.396 e. The van der Waals surface area contributed by atoms with Crippen molar-refractivity contribution in [1.29, 1.82) is 0 Å². The number of hydrogen-bond acceptors (Lipinski definition) is 3. The average molecular weight is 215 g/mol. The van der Waals surface area contributed by atoms with E-state index in [0.29, 0.717) is 12.1 Å². The van der Waals surface area contributed by atoms with E-state index >= 15 is 0 Å². The van der Waals surface area contributed by atoms with Gasteiger partial charge in [0.05, 0.1) is 0 Å². The summed E-state index contributed by atoms with van der Waals surface area (Å²) in [5.41, 5.74) is 0. The summed E-state index contributed by atoms with van der Waals surface area (Å²) in [7, 11) is 2.14. The lowest BCUT2D eigenvalue weighted by molar-refractivity contribution is 0.0950. The molecular weight excluding hydrogens is 190 g/mol. The van der Waals surface area contributed by atoms with Crippen molar-refractivity contribution in [1.82, 2.24) is 4.90 Å². The van der Waals surface area contributed by atoms with Gasteiger partial charge >= 0.3 is 0 Å². The first-order valence-electron chi connectivity index (χ1n) is 6.23. The van der Waals surface area contributed by atoms with Crippen molar-refractivity contribution in [2.24, 2.45) is 0 Å². The van der Waals surface area contributed by atoms with Crippen LogP contribution in [0.25, 0.3) is 0 Å². The van der Waals surface area contributed by atoms with Crippen LogP contribution in [0, 0.1) is 0 Å². The Morgan fingerprint density at radius 3 is 2.07 bits per heavy atom. The van der Waals surface area contributed by atoms with E-state index in [9.17, 15) is 0 Å². The number of hydrogen-bond donors (Lipinski definition) is 2. The van der Waals surface area contributed by atoms with E-state index in [1.165, 1.54) is 32.1 Å². The van der Waals surface area contributed by atoms with Gasteiger partial charge in [0.2, 0.25) is 0 Å². The van der Waals surface area contributed by atoms with E-state index in [-0.39, 0.29) is 13.2 Å². The molecule has 3 heteroatoms. The second-order valence-electron chi connectivity index (χ2n) is 4.64. The van der Waals surface area contributed by atoms with Gasteiger partial charge in [-0.15, -0.1) is 0 Å². The highest BCUT2D eigenvalue weighted by molar-refractivity contribution is 4.79. The van der Waals surface area contributed by atoms with Gasteiger partial charge in [0.1, 0.15) is 0 Å². The monoisotopic (exact) mass is 215 g/mol. The highest BCUT2D eigenvalue weighted by Gasteiger charge is 2.23. The Balaban J connectivity index is 2.41. The maximum Gasteiger partial charge on any atom is 0.0445 e. The summed E-state index contributed by atoms with van der Waals surface area (Å²) in [6.07, 6.45) is 8.17. The zero-order valence-corrected chi connectivity index (χ0v) is 9.86. The van der Waals surface area contributed by atoms with Crippen molar-refractivity contribution in [2.45, 2.75) is 57.0 Å². The van der Waals surface area contributed by atoms with Crippen LogP contribution in [0.2, 0.25) is 0 Å². The van der Waals surface area contributed by atoms with Crippen molar-refractivity contribution in [3.63, 3.8) is 0 Å². The fourth-order valence-electron chi connectivity index (χ4n) is 2.64. The number of nitrogens with zero attached hydrogens (tertiary/aromatic N) is 1. The smallest absolute Gasteiger partial charge is 0.0445 e. The van der Waals surface area contributed by atoms with Crippen molar-refractivity contribution >= 4 is 0 Å². The molecule has 0 bridgehead atoms. The maximum absolute atomic E-state index is 9.00. The Morgan fingerprint density at radius 1 is 1.07 bits per heavy atom. The molecule has 0 aromatic heterocycles. The molecule has 0 unspecified atom stereocenters. The van der Waals surface area contributed by atoms with Crippen LogP contribution >= 0.6 is 0 Å². The molecular formula is C12H25NO2. The van der Waals surface area contributed by atoms with Crippen molar-refractivity contribution in [3.8, 4) is 0 Å². The number of aliphatic hydroxyl groups is 2. The quantitative estimate of drug-likeness (QED) is 0.703. The minimum absolute atomic E-state index is 0.224. The van der Waals surface area contributed by atoms with Crippen LogP contribution in [0.5, 0.6) is 0 Å². The average Bonchev–Trinajstić information content (AvgIpc) is 2.29. The first kappa shape index (κ1) is 12.9. The topological polar surface area (TPSA) is 43.7 Å². The molecule has 0 atom stereocenters. The molecule has 1 rings (SSSR count). The van der Waals surface area contributed by atoms with Crippen molar-refractivity contribution in [2.75, 3.05) is 20.3 Å². The summed E-state index contributed by atoms with van der Waals surface area (Å²) in [6, 6.07) is 1.02. The maximum atomic E-state index is 9.00. The van der Waals surface area contributed by atoms with Crippen LogP contribution in [-0.2, 0) is 0 Å². The third-order valence-corrected chi connectivity index (χ3v) is 3.65. The van der Waals surface area contributed by atoms with E-state index in [1.54, 1.807) is 0 Å². The van der Waals surface area contributed by atoms with Crippen LogP contribution < -0.4 is 0 Å². The summed E-state index contributed by atoms with van der Waals surface area (Å²) in [5, 5.41) is 18.0. The molecule has 0 aromatic carbocycles. The van der Waals surface area contributed by atoms with Gasteiger partial charge in [-0.3, -0.25) is 0 Å². The van der Waals surface area contributed by atoms with E-state index < -0.39 is 0 Å². The molecule has 15 heavy (non-hydrogen) atoms. The van der Waals surface area contributed by atoms with E-state index in [1.807, 2.05) is 0 Å². The molecule has 3 nitrogen and oxygen atoms in total. The van der Waals surface area contributed by atoms with Crippen LogP contribution in [-0.4, -0.2) is 47.5 Å². The Labute approximate surface area is 93.1 Å². The molecule has 0 aromatic rings. The van der Waals surface area contributed by atoms with Crippen LogP contribution in [0.1, 0.15) is 44.9 Å². The fourth-order valence-corrected chi connectivity index (χ4v) is 2.64. The molecule has 0 amide bonds. The number of aliphatic hydroxyl groups excluding tert-OH is 2. The molecule has 1 fully saturated rings. The molecule has 0 aliphatic heterocycles. The summed E-state index contributed by atoms with van der Waals surface area (Å²) < 4.78 is 0. The zero-order valence-electron chi connectivity index (χ0n) is 9.86. The highest BCUT2D eigenvalue weighted by atomic mass is 16.3. The van der Waals surface area contributed by atoms with Gasteiger partial charge < -0.3 is 15.1 Å².